The molecule has 0 bridgehead atoms. The minimum atomic E-state index is -3.36. The summed E-state index contributed by atoms with van der Waals surface area (Å²) in [5.41, 5.74) is 0.503. The molecule has 1 N–H and O–H groups in total. The zero-order valence-electron chi connectivity index (χ0n) is 12.8. The molecule has 1 fully saturated rings. The molecule has 7 heteroatoms. The highest BCUT2D eigenvalue weighted by atomic mass is 32.2. The van der Waals surface area contributed by atoms with Crippen LogP contribution in [0.2, 0.25) is 0 Å². The molecule has 0 unspecified atom stereocenters. The molecule has 2 aliphatic rings. The smallest absolute Gasteiger partial charge is 0.229 e. The van der Waals surface area contributed by atoms with E-state index in [-0.39, 0.29) is 5.78 Å². The molecular formula is C15H20N2O4S. The molecule has 0 saturated carbocycles. The fraction of sp³-hybridized carbons (Fsp3) is 0.533. The van der Waals surface area contributed by atoms with Crippen LogP contribution in [0.1, 0.15) is 29.6 Å². The molecule has 0 aliphatic carbocycles. The second-order valence-electron chi connectivity index (χ2n) is 6.27. The Balaban J connectivity index is 1.90. The summed E-state index contributed by atoms with van der Waals surface area (Å²) in [7, 11) is -1.30. The molecule has 0 radical (unpaired) electrons. The standard InChI is InChI=1S/C15H20N2O4S/c1-17-7-5-15(6-8-17)10-13(18)12-4-3-11(9-14(12)21-15)16-22(2,19)20/h3-4,9,16H,5-8,10H2,1-2H3. The number of nitrogens with one attached hydrogen (secondary N) is 1. The van der Waals surface area contributed by atoms with Crippen molar-refractivity contribution in [1.29, 1.82) is 0 Å². The van der Waals surface area contributed by atoms with Crippen molar-refractivity contribution in [2.75, 3.05) is 31.1 Å². The van der Waals surface area contributed by atoms with Crippen LogP contribution in [-0.2, 0) is 10.0 Å². The van der Waals surface area contributed by atoms with Gasteiger partial charge in [-0.3, -0.25) is 9.52 Å². The number of benzene rings is 1. The van der Waals surface area contributed by atoms with E-state index in [9.17, 15) is 13.2 Å². The number of hydrogen-bond donors (Lipinski definition) is 1. The van der Waals surface area contributed by atoms with E-state index >= 15 is 0 Å². The van der Waals surface area contributed by atoms with Crippen molar-refractivity contribution in [3.63, 3.8) is 0 Å². The molecule has 6 nitrogen and oxygen atoms in total. The number of ketones is 1. The number of likely N-dealkylation sites (tertiary alicyclic amines) is 1. The Morgan fingerprint density at radius 3 is 2.59 bits per heavy atom. The Morgan fingerprint density at radius 2 is 1.95 bits per heavy atom. The lowest BCUT2D eigenvalue weighted by Crippen LogP contribution is -2.50. The predicted molar refractivity (Wildman–Crippen MR) is 83.9 cm³/mol. The second-order valence-corrected chi connectivity index (χ2v) is 8.02. The van der Waals surface area contributed by atoms with Crippen molar-refractivity contribution in [2.24, 2.45) is 0 Å². The second kappa shape index (κ2) is 5.24. The number of carbonyl (C=O) groups excluding carboxylic acids is 1. The largest absolute Gasteiger partial charge is 0.486 e. The van der Waals surface area contributed by atoms with Crippen molar-refractivity contribution in [3.05, 3.63) is 23.8 Å². The van der Waals surface area contributed by atoms with Gasteiger partial charge in [-0.2, -0.15) is 0 Å². The van der Waals surface area contributed by atoms with Crippen molar-refractivity contribution >= 4 is 21.5 Å². The number of carbonyl (C=O) groups is 1. The highest BCUT2D eigenvalue weighted by Gasteiger charge is 2.42. The molecule has 0 amide bonds. The lowest BCUT2D eigenvalue weighted by molar-refractivity contribution is -0.00361. The van der Waals surface area contributed by atoms with Gasteiger partial charge in [-0.1, -0.05) is 0 Å². The van der Waals surface area contributed by atoms with Gasteiger partial charge in [0, 0.05) is 32.0 Å². The molecule has 0 aromatic heterocycles. The van der Waals surface area contributed by atoms with Crippen LogP contribution in [0.5, 0.6) is 5.75 Å². The summed E-state index contributed by atoms with van der Waals surface area (Å²) in [4.78, 5) is 14.6. The molecular weight excluding hydrogens is 304 g/mol. The van der Waals surface area contributed by atoms with Crippen LogP contribution >= 0.6 is 0 Å². The monoisotopic (exact) mass is 324 g/mol. The molecule has 3 rings (SSSR count). The summed E-state index contributed by atoms with van der Waals surface area (Å²) in [6.07, 6.45) is 3.10. The zero-order chi connectivity index (χ0) is 16.0. The predicted octanol–water partition coefficient (Wildman–Crippen LogP) is 1.49. The van der Waals surface area contributed by atoms with E-state index in [1.165, 1.54) is 0 Å². The minimum absolute atomic E-state index is 0.0664. The Bertz CT molecular complexity index is 706. The van der Waals surface area contributed by atoms with Gasteiger partial charge >= 0.3 is 0 Å². The molecule has 2 heterocycles. The van der Waals surface area contributed by atoms with Gasteiger partial charge in [-0.05, 0) is 19.2 Å². The number of Topliss-reactive ketones (excluding diaryl/α,β-unsaturated/α-hetero) is 1. The highest BCUT2D eigenvalue weighted by molar-refractivity contribution is 7.92. The van der Waals surface area contributed by atoms with Gasteiger partial charge in [0.15, 0.2) is 5.78 Å². The maximum Gasteiger partial charge on any atom is 0.229 e. The average molecular weight is 324 g/mol. The van der Waals surface area contributed by atoms with Gasteiger partial charge in [-0.25, -0.2) is 8.42 Å². The minimum Gasteiger partial charge on any atom is -0.486 e. The number of ether oxygens (including phenoxy) is 1. The van der Waals surface area contributed by atoms with Crippen molar-refractivity contribution in [2.45, 2.75) is 24.9 Å². The topological polar surface area (TPSA) is 75.7 Å². The summed E-state index contributed by atoms with van der Waals surface area (Å²) < 4.78 is 31.2. The number of rotatable bonds is 2. The van der Waals surface area contributed by atoms with Crippen LogP contribution in [-0.4, -0.2) is 51.1 Å². The van der Waals surface area contributed by atoms with Crippen molar-refractivity contribution < 1.29 is 17.9 Å². The molecule has 1 aromatic carbocycles. The van der Waals surface area contributed by atoms with Crippen LogP contribution in [0.3, 0.4) is 0 Å². The molecule has 1 spiro atoms. The Hall–Kier alpha value is -1.60. The fourth-order valence-corrected chi connectivity index (χ4v) is 3.63. The first kappa shape index (κ1) is 15.3. The quantitative estimate of drug-likeness (QED) is 0.892. The van der Waals surface area contributed by atoms with Gasteiger partial charge in [0.25, 0.3) is 0 Å². The summed E-state index contributed by atoms with van der Waals surface area (Å²) in [5, 5.41) is 0. The van der Waals surface area contributed by atoms with E-state index in [1.807, 2.05) is 0 Å². The van der Waals surface area contributed by atoms with Gasteiger partial charge in [0.1, 0.15) is 11.4 Å². The Kier molecular flexibility index (Phi) is 3.65. The zero-order valence-corrected chi connectivity index (χ0v) is 13.6. The summed E-state index contributed by atoms with van der Waals surface area (Å²) in [6.45, 7) is 1.79. The van der Waals surface area contributed by atoms with Crippen LogP contribution in [0.25, 0.3) is 0 Å². The van der Waals surface area contributed by atoms with E-state index < -0.39 is 15.6 Å². The fourth-order valence-electron chi connectivity index (χ4n) is 3.08. The van der Waals surface area contributed by atoms with E-state index in [4.69, 9.17) is 4.74 Å². The summed E-state index contributed by atoms with van der Waals surface area (Å²) in [6, 6.07) is 4.83. The van der Waals surface area contributed by atoms with Crippen LogP contribution in [0.4, 0.5) is 5.69 Å². The van der Waals surface area contributed by atoms with E-state index in [0.29, 0.717) is 23.4 Å². The summed E-state index contributed by atoms with van der Waals surface area (Å²) in [5.74, 6) is 0.547. The molecule has 22 heavy (non-hydrogen) atoms. The van der Waals surface area contributed by atoms with E-state index in [0.717, 1.165) is 32.2 Å². The number of hydrogen-bond acceptors (Lipinski definition) is 5. The Morgan fingerprint density at radius 1 is 1.27 bits per heavy atom. The maximum absolute atomic E-state index is 12.4. The SMILES string of the molecule is CN1CCC2(CC1)CC(=O)c1ccc(NS(C)(=O)=O)cc1O2. The first-order chi connectivity index (χ1) is 10.3. The Labute approximate surface area is 130 Å². The number of sulfonamides is 1. The van der Waals surface area contributed by atoms with Gasteiger partial charge < -0.3 is 9.64 Å². The van der Waals surface area contributed by atoms with Crippen LogP contribution in [0, 0.1) is 0 Å². The third-order valence-electron chi connectivity index (χ3n) is 4.29. The van der Waals surface area contributed by atoms with Crippen LogP contribution < -0.4 is 9.46 Å². The number of piperidine rings is 1. The third-order valence-corrected chi connectivity index (χ3v) is 4.90. The molecule has 120 valence electrons. The lowest BCUT2D eigenvalue weighted by Gasteiger charge is -2.43. The van der Waals surface area contributed by atoms with Gasteiger partial charge in [0.05, 0.1) is 23.9 Å². The highest BCUT2D eigenvalue weighted by Crippen LogP contribution is 2.40. The van der Waals surface area contributed by atoms with E-state index in [1.54, 1.807) is 18.2 Å². The normalized spacial score (nSPS) is 21.3. The molecule has 1 aromatic rings. The molecule has 2 aliphatic heterocycles. The van der Waals surface area contributed by atoms with Crippen LogP contribution in [0.15, 0.2) is 18.2 Å². The third kappa shape index (κ3) is 3.10. The van der Waals surface area contributed by atoms with Crippen molar-refractivity contribution in [1.82, 2.24) is 4.90 Å². The number of nitrogens with zero attached hydrogens (tertiary/aromatic N) is 1. The first-order valence-corrected chi connectivity index (χ1v) is 9.18. The van der Waals surface area contributed by atoms with Gasteiger partial charge in [-0.15, -0.1) is 0 Å². The van der Waals surface area contributed by atoms with E-state index in [2.05, 4.69) is 16.7 Å². The molecule has 0 atom stereocenters. The average Bonchev–Trinajstić information content (AvgIpc) is 2.40. The summed E-state index contributed by atoms with van der Waals surface area (Å²) >= 11 is 0. The maximum atomic E-state index is 12.4. The number of anilines is 1. The van der Waals surface area contributed by atoms with Gasteiger partial charge in [0.2, 0.25) is 10.0 Å². The number of fused-ring (bicyclic) bond motifs is 1. The molecule has 1 saturated heterocycles. The lowest BCUT2D eigenvalue weighted by atomic mass is 9.82. The first-order valence-electron chi connectivity index (χ1n) is 7.29. The van der Waals surface area contributed by atoms with Crippen molar-refractivity contribution in [3.8, 4) is 5.75 Å².